The van der Waals surface area contributed by atoms with Crippen LogP contribution in [0.1, 0.15) is 45.4 Å². The molecule has 0 aliphatic heterocycles. The number of benzene rings is 1. The lowest BCUT2D eigenvalue weighted by atomic mass is 10.2. The van der Waals surface area contributed by atoms with Gasteiger partial charge in [0.15, 0.2) is 0 Å². The van der Waals surface area contributed by atoms with E-state index in [2.05, 4.69) is 22.3 Å². The number of aromatic nitrogens is 3. The average Bonchev–Trinajstić information content (AvgIpc) is 3.07. The molecule has 0 fully saturated rings. The summed E-state index contributed by atoms with van der Waals surface area (Å²) in [5, 5.41) is 16.9. The van der Waals surface area contributed by atoms with Gasteiger partial charge in [-0.25, -0.2) is 9.78 Å². The molecule has 8 nitrogen and oxygen atoms in total. The first-order valence-corrected chi connectivity index (χ1v) is 9.73. The summed E-state index contributed by atoms with van der Waals surface area (Å²) in [4.78, 5) is 30.3. The molecule has 3 aromatic rings. The molecule has 0 radical (unpaired) electrons. The summed E-state index contributed by atoms with van der Waals surface area (Å²) in [7, 11) is 1.79. The van der Waals surface area contributed by atoms with Gasteiger partial charge in [-0.3, -0.25) is 9.48 Å². The Kier molecular flexibility index (Phi) is 6.46. The predicted molar refractivity (Wildman–Crippen MR) is 115 cm³/mol. The molecule has 0 atom stereocenters. The summed E-state index contributed by atoms with van der Waals surface area (Å²) >= 11 is 0. The van der Waals surface area contributed by atoms with Gasteiger partial charge in [-0.05, 0) is 37.6 Å². The normalized spacial score (nSPS) is 10.6. The third-order valence-corrected chi connectivity index (χ3v) is 4.57. The van der Waals surface area contributed by atoms with E-state index >= 15 is 0 Å². The van der Waals surface area contributed by atoms with Crippen LogP contribution in [0.2, 0.25) is 0 Å². The van der Waals surface area contributed by atoms with Gasteiger partial charge in [0.25, 0.3) is 5.91 Å². The minimum atomic E-state index is -1.11. The van der Waals surface area contributed by atoms with Crippen LogP contribution in [0.4, 0.5) is 11.5 Å². The number of aromatic carboxylic acids is 1. The number of carbonyl (C=O) groups excluding carboxylic acids is 1. The van der Waals surface area contributed by atoms with E-state index in [0.717, 1.165) is 24.4 Å². The van der Waals surface area contributed by atoms with Gasteiger partial charge in [-0.15, -0.1) is 0 Å². The monoisotopic (exact) mass is 407 g/mol. The lowest BCUT2D eigenvalue weighted by Crippen LogP contribution is -2.23. The fourth-order valence-corrected chi connectivity index (χ4v) is 3.23. The SMILES string of the molecule is CCCn1nc(C)cc1CN(C)c1ncc(NC(=O)c2ccccc2)cc1C(=O)O. The second kappa shape index (κ2) is 9.21. The van der Waals surface area contributed by atoms with Crippen LogP contribution in [0.15, 0.2) is 48.7 Å². The third kappa shape index (κ3) is 4.83. The van der Waals surface area contributed by atoms with Crippen LogP contribution in [0, 0.1) is 6.92 Å². The van der Waals surface area contributed by atoms with Gasteiger partial charge in [-0.1, -0.05) is 25.1 Å². The Bertz CT molecular complexity index is 1050. The number of carboxylic acids is 1. The van der Waals surface area contributed by atoms with Crippen molar-refractivity contribution >= 4 is 23.4 Å². The summed E-state index contributed by atoms with van der Waals surface area (Å²) in [6, 6.07) is 12.1. The largest absolute Gasteiger partial charge is 0.478 e. The zero-order chi connectivity index (χ0) is 21.7. The maximum Gasteiger partial charge on any atom is 0.339 e. The van der Waals surface area contributed by atoms with Crippen molar-refractivity contribution in [2.45, 2.75) is 33.4 Å². The number of nitrogens with zero attached hydrogens (tertiary/aromatic N) is 4. The average molecular weight is 407 g/mol. The smallest absolute Gasteiger partial charge is 0.339 e. The van der Waals surface area contributed by atoms with E-state index in [4.69, 9.17) is 0 Å². The van der Waals surface area contributed by atoms with Crippen LogP contribution in [0.25, 0.3) is 0 Å². The first-order valence-electron chi connectivity index (χ1n) is 9.73. The first-order chi connectivity index (χ1) is 14.4. The summed E-state index contributed by atoms with van der Waals surface area (Å²) in [5.41, 5.74) is 2.72. The van der Waals surface area contributed by atoms with E-state index < -0.39 is 5.97 Å². The Balaban J connectivity index is 1.83. The van der Waals surface area contributed by atoms with Gasteiger partial charge >= 0.3 is 5.97 Å². The molecule has 3 rings (SSSR count). The highest BCUT2D eigenvalue weighted by molar-refractivity contribution is 6.05. The molecule has 1 amide bonds. The fourth-order valence-electron chi connectivity index (χ4n) is 3.23. The Morgan fingerprint density at radius 1 is 1.20 bits per heavy atom. The number of nitrogens with one attached hydrogen (secondary N) is 1. The van der Waals surface area contributed by atoms with Crippen LogP contribution in [0.5, 0.6) is 0 Å². The molecule has 0 aliphatic carbocycles. The maximum atomic E-state index is 12.4. The molecule has 2 N–H and O–H groups in total. The summed E-state index contributed by atoms with van der Waals surface area (Å²) in [6.45, 7) is 5.27. The van der Waals surface area contributed by atoms with Crippen molar-refractivity contribution in [1.82, 2.24) is 14.8 Å². The molecule has 0 saturated heterocycles. The Morgan fingerprint density at radius 2 is 1.93 bits per heavy atom. The molecule has 30 heavy (non-hydrogen) atoms. The van der Waals surface area contributed by atoms with Crippen molar-refractivity contribution in [2.75, 3.05) is 17.3 Å². The van der Waals surface area contributed by atoms with E-state index in [1.165, 1.54) is 12.3 Å². The number of anilines is 2. The summed E-state index contributed by atoms with van der Waals surface area (Å²) < 4.78 is 1.93. The van der Waals surface area contributed by atoms with Crippen LogP contribution in [-0.4, -0.2) is 38.8 Å². The highest BCUT2D eigenvalue weighted by Gasteiger charge is 2.19. The van der Waals surface area contributed by atoms with Crippen LogP contribution >= 0.6 is 0 Å². The third-order valence-electron chi connectivity index (χ3n) is 4.57. The standard InChI is InChI=1S/C22H25N5O3/c1-4-10-27-18(11-15(2)25-27)14-26(3)20-19(22(29)30)12-17(13-23-20)24-21(28)16-8-6-5-7-9-16/h5-9,11-13H,4,10,14H2,1-3H3,(H,24,28)(H,29,30). The highest BCUT2D eigenvalue weighted by Crippen LogP contribution is 2.23. The zero-order valence-corrected chi connectivity index (χ0v) is 17.3. The summed E-state index contributed by atoms with van der Waals surface area (Å²) in [6.07, 6.45) is 2.42. The molecule has 0 spiro atoms. The highest BCUT2D eigenvalue weighted by atomic mass is 16.4. The Hall–Kier alpha value is -3.68. The van der Waals surface area contributed by atoms with Gasteiger partial charge in [0, 0.05) is 19.2 Å². The minimum Gasteiger partial charge on any atom is -0.478 e. The molecule has 8 heteroatoms. The Morgan fingerprint density at radius 3 is 2.60 bits per heavy atom. The van der Waals surface area contributed by atoms with E-state index in [9.17, 15) is 14.7 Å². The molecular weight excluding hydrogens is 382 g/mol. The van der Waals surface area contributed by atoms with Crippen molar-refractivity contribution in [1.29, 1.82) is 0 Å². The first kappa shape index (κ1) is 21.0. The van der Waals surface area contributed by atoms with E-state index in [1.807, 2.05) is 23.7 Å². The number of hydrogen-bond acceptors (Lipinski definition) is 5. The topological polar surface area (TPSA) is 100 Å². The van der Waals surface area contributed by atoms with Crippen LogP contribution < -0.4 is 10.2 Å². The lowest BCUT2D eigenvalue weighted by molar-refractivity contribution is 0.0696. The maximum absolute atomic E-state index is 12.4. The van der Waals surface area contributed by atoms with E-state index in [-0.39, 0.29) is 11.5 Å². The second-order valence-corrected chi connectivity index (χ2v) is 7.08. The number of amides is 1. The van der Waals surface area contributed by atoms with E-state index in [0.29, 0.717) is 23.6 Å². The number of carboxylic acid groups (broad SMARTS) is 1. The van der Waals surface area contributed by atoms with Crippen molar-refractivity contribution in [3.63, 3.8) is 0 Å². The van der Waals surface area contributed by atoms with Crippen LogP contribution in [-0.2, 0) is 13.1 Å². The summed E-state index contributed by atoms with van der Waals surface area (Å²) in [5.74, 6) is -1.12. The quantitative estimate of drug-likeness (QED) is 0.592. The fraction of sp³-hybridized carbons (Fsp3) is 0.273. The van der Waals surface area contributed by atoms with Gasteiger partial charge in [-0.2, -0.15) is 5.10 Å². The molecule has 0 saturated carbocycles. The van der Waals surface area contributed by atoms with Crippen molar-refractivity contribution < 1.29 is 14.7 Å². The van der Waals surface area contributed by atoms with Gasteiger partial charge in [0.05, 0.1) is 29.8 Å². The van der Waals surface area contributed by atoms with Crippen molar-refractivity contribution in [3.8, 4) is 0 Å². The van der Waals surface area contributed by atoms with Crippen LogP contribution in [0.3, 0.4) is 0 Å². The zero-order valence-electron chi connectivity index (χ0n) is 17.3. The number of rotatable bonds is 8. The molecule has 1 aromatic carbocycles. The molecule has 2 aromatic heterocycles. The number of carbonyl (C=O) groups is 2. The molecule has 0 aliphatic rings. The Labute approximate surface area is 175 Å². The molecule has 156 valence electrons. The van der Waals surface area contributed by atoms with Crippen molar-refractivity contribution in [3.05, 3.63) is 71.2 Å². The molecule has 2 heterocycles. The molecule has 0 bridgehead atoms. The number of aryl methyl sites for hydroxylation is 2. The molecule has 0 unspecified atom stereocenters. The second-order valence-electron chi connectivity index (χ2n) is 7.08. The number of hydrogen-bond donors (Lipinski definition) is 2. The van der Waals surface area contributed by atoms with Gasteiger partial charge in [0.2, 0.25) is 0 Å². The predicted octanol–water partition coefficient (Wildman–Crippen LogP) is 3.58. The lowest BCUT2D eigenvalue weighted by Gasteiger charge is -2.21. The number of pyridine rings is 1. The van der Waals surface area contributed by atoms with Gasteiger partial charge in [0.1, 0.15) is 11.4 Å². The van der Waals surface area contributed by atoms with E-state index in [1.54, 1.807) is 36.2 Å². The van der Waals surface area contributed by atoms with Crippen molar-refractivity contribution in [2.24, 2.45) is 0 Å². The molecular formula is C22H25N5O3. The minimum absolute atomic E-state index is 0.0154. The van der Waals surface area contributed by atoms with Gasteiger partial charge < -0.3 is 15.3 Å².